The molecule has 0 atom stereocenters. The minimum Gasteiger partial charge on any atom is -0.311 e. The lowest BCUT2D eigenvalue weighted by Crippen LogP contribution is -2.61. The standard InChI is InChI=1S/C55H59BN2/c1-34-28-51-53-52(29-34)58(55-45-22-10-18-41(45)31-42-19-11-23-46(42)55)50-33-38(36-14-6-3-7-15-36)25-27-48(50)56(53)47-26-24-37(35-12-4-2-5-13-35)32-49(47)57(51)54-43-20-8-16-39(43)30-40-17-9-21-44(40)54/h24-33,35-36H,2-23H2,1H3. The highest BCUT2D eigenvalue weighted by molar-refractivity contribution is 7.00. The highest BCUT2D eigenvalue weighted by atomic mass is 15.2. The SMILES string of the molecule is Cc1cc2c3c(c1)N(c1c4c(cc5c1CCC5)CCC4)c1cc(C4CCCCC4)ccc1B3c1ccc(C3CCCCC3)cc1N2c1c2c(cc3c1CCC3)CCC2. The zero-order chi connectivity index (χ0) is 38.1. The van der Waals surface area contributed by atoms with Crippen molar-refractivity contribution in [2.45, 2.75) is 160 Å². The topological polar surface area (TPSA) is 6.48 Å². The second-order valence-corrected chi connectivity index (χ2v) is 20.0. The van der Waals surface area contributed by atoms with Gasteiger partial charge in [0.15, 0.2) is 0 Å². The molecule has 2 heterocycles. The Morgan fingerprint density at radius 1 is 0.414 bits per heavy atom. The van der Waals surface area contributed by atoms with Gasteiger partial charge in [0.1, 0.15) is 0 Å². The Labute approximate surface area is 347 Å². The summed E-state index contributed by atoms with van der Waals surface area (Å²) in [5.74, 6) is 1.36. The Kier molecular flexibility index (Phi) is 7.99. The van der Waals surface area contributed by atoms with E-state index in [-0.39, 0.29) is 6.71 Å². The van der Waals surface area contributed by atoms with E-state index in [1.807, 2.05) is 0 Å². The number of hydrogen-bond acceptors (Lipinski definition) is 2. The van der Waals surface area contributed by atoms with E-state index in [0.717, 1.165) is 0 Å². The van der Waals surface area contributed by atoms with Crippen LogP contribution in [0, 0.1) is 6.92 Å². The number of aryl methyl sites for hydroxylation is 5. The molecule has 3 heteroatoms. The van der Waals surface area contributed by atoms with Gasteiger partial charge in [0.25, 0.3) is 6.71 Å². The first kappa shape index (κ1) is 34.6. The number of benzene rings is 5. The van der Waals surface area contributed by atoms with Crippen LogP contribution in [0.15, 0.2) is 60.7 Å². The molecule has 0 amide bonds. The van der Waals surface area contributed by atoms with Crippen LogP contribution in [0.25, 0.3) is 0 Å². The molecule has 0 aromatic heterocycles. The first-order chi connectivity index (χ1) is 28.7. The minimum atomic E-state index is 0.221. The second kappa shape index (κ2) is 13.4. The van der Waals surface area contributed by atoms with Crippen molar-refractivity contribution in [1.82, 2.24) is 0 Å². The molecule has 0 spiro atoms. The Hall–Kier alpha value is -4.24. The Morgan fingerprint density at radius 2 is 0.810 bits per heavy atom. The lowest BCUT2D eigenvalue weighted by molar-refractivity contribution is 0.444. The molecule has 0 unspecified atom stereocenters. The van der Waals surface area contributed by atoms with E-state index < -0.39 is 0 Å². The lowest BCUT2D eigenvalue weighted by atomic mass is 9.33. The molecule has 292 valence electrons. The first-order valence-corrected chi connectivity index (χ1v) is 24.0. The second-order valence-electron chi connectivity index (χ2n) is 20.0. The lowest BCUT2D eigenvalue weighted by Gasteiger charge is -2.46. The molecule has 13 rings (SSSR count). The summed E-state index contributed by atoms with van der Waals surface area (Å²) in [5, 5.41) is 0. The summed E-state index contributed by atoms with van der Waals surface area (Å²) in [6.45, 7) is 2.63. The van der Waals surface area contributed by atoms with E-state index in [4.69, 9.17) is 0 Å². The summed E-state index contributed by atoms with van der Waals surface area (Å²) in [7, 11) is 0. The predicted molar refractivity (Wildman–Crippen MR) is 245 cm³/mol. The summed E-state index contributed by atoms with van der Waals surface area (Å²) in [6, 6.07) is 26.4. The molecule has 6 aliphatic carbocycles. The van der Waals surface area contributed by atoms with Crippen LogP contribution in [0.2, 0.25) is 0 Å². The summed E-state index contributed by atoms with van der Waals surface area (Å²) in [5.41, 5.74) is 31.5. The van der Waals surface area contributed by atoms with Crippen molar-refractivity contribution >= 4 is 57.2 Å². The Bertz CT molecular complexity index is 2300. The van der Waals surface area contributed by atoms with Gasteiger partial charge in [-0.1, -0.05) is 74.9 Å². The average Bonchev–Trinajstić information content (AvgIpc) is 4.11. The van der Waals surface area contributed by atoms with Gasteiger partial charge in [-0.2, -0.15) is 0 Å². The number of rotatable bonds is 4. The van der Waals surface area contributed by atoms with Crippen molar-refractivity contribution in [1.29, 1.82) is 0 Å². The van der Waals surface area contributed by atoms with Gasteiger partial charge in [0.2, 0.25) is 0 Å². The molecule has 2 nitrogen and oxygen atoms in total. The van der Waals surface area contributed by atoms with Crippen molar-refractivity contribution in [2.75, 3.05) is 9.80 Å². The first-order valence-electron chi connectivity index (χ1n) is 24.0. The van der Waals surface area contributed by atoms with Crippen LogP contribution in [-0.2, 0) is 51.4 Å². The third-order valence-corrected chi connectivity index (χ3v) is 16.7. The maximum Gasteiger partial charge on any atom is 0.252 e. The van der Waals surface area contributed by atoms with Crippen LogP contribution in [-0.4, -0.2) is 6.71 Å². The van der Waals surface area contributed by atoms with Gasteiger partial charge >= 0.3 is 0 Å². The maximum absolute atomic E-state index is 2.90. The monoisotopic (exact) mass is 758 g/mol. The van der Waals surface area contributed by atoms with Gasteiger partial charge in [-0.3, -0.25) is 0 Å². The van der Waals surface area contributed by atoms with Crippen molar-refractivity contribution in [2.24, 2.45) is 0 Å². The number of anilines is 6. The molecule has 2 fully saturated rings. The highest BCUT2D eigenvalue weighted by Gasteiger charge is 2.46. The summed E-state index contributed by atoms with van der Waals surface area (Å²) < 4.78 is 0. The molecule has 0 radical (unpaired) electrons. The van der Waals surface area contributed by atoms with Crippen LogP contribution in [0.1, 0.15) is 163 Å². The smallest absolute Gasteiger partial charge is 0.252 e. The minimum absolute atomic E-state index is 0.221. The number of nitrogens with zero attached hydrogens (tertiary/aromatic N) is 2. The Morgan fingerprint density at radius 3 is 1.21 bits per heavy atom. The zero-order valence-corrected chi connectivity index (χ0v) is 35.0. The van der Waals surface area contributed by atoms with Crippen LogP contribution >= 0.6 is 0 Å². The quantitative estimate of drug-likeness (QED) is 0.165. The molecule has 58 heavy (non-hydrogen) atoms. The van der Waals surface area contributed by atoms with Gasteiger partial charge in [-0.15, -0.1) is 0 Å². The van der Waals surface area contributed by atoms with E-state index in [2.05, 4.69) is 77.4 Å². The van der Waals surface area contributed by atoms with E-state index in [1.165, 1.54) is 180 Å². The van der Waals surface area contributed by atoms with E-state index in [1.54, 1.807) is 72.5 Å². The van der Waals surface area contributed by atoms with Gasteiger partial charge < -0.3 is 9.80 Å². The molecule has 2 aliphatic heterocycles. The summed E-state index contributed by atoms with van der Waals surface area (Å²) in [4.78, 5) is 5.80. The van der Waals surface area contributed by atoms with E-state index >= 15 is 0 Å². The normalized spacial score (nSPS) is 20.5. The Balaban J connectivity index is 1.12. The number of fused-ring (bicyclic) bond motifs is 8. The fourth-order valence-electron chi connectivity index (χ4n) is 14.1. The molecular formula is C55H59BN2. The van der Waals surface area contributed by atoms with Gasteiger partial charge in [0.05, 0.1) is 11.4 Å². The van der Waals surface area contributed by atoms with Crippen molar-refractivity contribution in [3.8, 4) is 0 Å². The van der Waals surface area contributed by atoms with Crippen molar-refractivity contribution < 1.29 is 0 Å². The van der Waals surface area contributed by atoms with E-state index in [0.29, 0.717) is 11.8 Å². The maximum atomic E-state index is 2.90. The molecular weight excluding hydrogens is 699 g/mol. The van der Waals surface area contributed by atoms with Gasteiger partial charge in [-0.25, -0.2) is 0 Å². The van der Waals surface area contributed by atoms with Crippen LogP contribution in [0.5, 0.6) is 0 Å². The molecule has 5 aromatic rings. The molecule has 0 bridgehead atoms. The summed E-state index contributed by atoms with van der Waals surface area (Å²) in [6.07, 6.45) is 28.6. The van der Waals surface area contributed by atoms with Crippen LogP contribution in [0.3, 0.4) is 0 Å². The highest BCUT2D eigenvalue weighted by Crippen LogP contribution is 2.53. The zero-order valence-electron chi connectivity index (χ0n) is 35.0. The van der Waals surface area contributed by atoms with E-state index in [9.17, 15) is 0 Å². The number of hydrogen-bond donors (Lipinski definition) is 0. The molecule has 0 saturated heterocycles. The summed E-state index contributed by atoms with van der Waals surface area (Å²) >= 11 is 0. The molecule has 2 saturated carbocycles. The predicted octanol–water partition coefficient (Wildman–Crippen LogP) is 12.1. The third-order valence-electron chi connectivity index (χ3n) is 16.7. The average molecular weight is 759 g/mol. The fourth-order valence-corrected chi connectivity index (χ4v) is 14.1. The third kappa shape index (κ3) is 5.10. The van der Waals surface area contributed by atoms with Crippen LogP contribution < -0.4 is 26.2 Å². The largest absolute Gasteiger partial charge is 0.311 e. The van der Waals surface area contributed by atoms with Crippen molar-refractivity contribution in [3.63, 3.8) is 0 Å². The molecule has 5 aromatic carbocycles. The molecule has 8 aliphatic rings. The van der Waals surface area contributed by atoms with Crippen LogP contribution in [0.4, 0.5) is 34.1 Å². The van der Waals surface area contributed by atoms with Gasteiger partial charge in [-0.05, 0) is 223 Å². The fraction of sp³-hybridized carbons (Fsp3) is 0.455. The van der Waals surface area contributed by atoms with Gasteiger partial charge in [0, 0.05) is 22.7 Å². The molecule has 0 N–H and O–H groups in total. The van der Waals surface area contributed by atoms with Crippen molar-refractivity contribution in [3.05, 3.63) is 122 Å².